The van der Waals surface area contributed by atoms with Gasteiger partial charge in [-0.2, -0.15) is 0 Å². The van der Waals surface area contributed by atoms with Crippen molar-refractivity contribution in [2.75, 3.05) is 6.79 Å². The van der Waals surface area contributed by atoms with Crippen molar-refractivity contribution < 1.29 is 19.4 Å². The summed E-state index contributed by atoms with van der Waals surface area (Å²) in [5, 5.41) is 9.23. The molecule has 0 fully saturated rings. The highest BCUT2D eigenvalue weighted by Crippen LogP contribution is 2.44. The van der Waals surface area contributed by atoms with Gasteiger partial charge in [0.05, 0.1) is 5.02 Å². The summed E-state index contributed by atoms with van der Waals surface area (Å²) in [6.45, 7) is 2.11. The number of aliphatic carboxylic acids is 1. The monoisotopic (exact) mass is 285 g/mol. The van der Waals surface area contributed by atoms with Gasteiger partial charge in [-0.25, -0.2) is 0 Å². The molecular weight excluding hydrogens is 270 g/mol. The zero-order chi connectivity index (χ0) is 14.0. The van der Waals surface area contributed by atoms with E-state index in [1.165, 1.54) is 0 Å². The molecule has 0 saturated heterocycles. The lowest BCUT2D eigenvalue weighted by Crippen LogP contribution is -2.14. The number of ether oxygens (including phenoxy) is 2. The highest BCUT2D eigenvalue weighted by atomic mass is 35.5. The van der Waals surface area contributed by atoms with Gasteiger partial charge in [0.2, 0.25) is 6.79 Å². The van der Waals surface area contributed by atoms with Gasteiger partial charge in [-0.05, 0) is 30.0 Å². The molecule has 1 atom stereocenters. The van der Waals surface area contributed by atoms with Crippen LogP contribution in [-0.2, 0) is 11.2 Å². The van der Waals surface area contributed by atoms with Crippen LogP contribution in [0.25, 0.3) is 0 Å². The smallest absolute Gasteiger partial charge is 0.303 e. The van der Waals surface area contributed by atoms with Crippen LogP contribution in [0.3, 0.4) is 0 Å². The summed E-state index contributed by atoms with van der Waals surface area (Å²) >= 11 is 6.29. The van der Waals surface area contributed by atoms with Crippen LogP contribution >= 0.6 is 11.6 Å². The molecule has 0 amide bonds. The molecule has 1 aromatic rings. The van der Waals surface area contributed by atoms with Gasteiger partial charge in [-0.1, -0.05) is 18.5 Å². The molecule has 104 valence electrons. The Labute approximate surface area is 116 Å². The summed E-state index contributed by atoms with van der Waals surface area (Å²) in [7, 11) is 0. The highest BCUT2D eigenvalue weighted by molar-refractivity contribution is 6.33. The largest absolute Gasteiger partial charge is 0.481 e. The molecule has 0 bridgehead atoms. The molecule has 0 aliphatic carbocycles. The number of halogens is 1. The van der Waals surface area contributed by atoms with Gasteiger partial charge in [0, 0.05) is 12.5 Å². The van der Waals surface area contributed by atoms with Gasteiger partial charge in [0.25, 0.3) is 0 Å². The maximum atomic E-state index is 10.6. The van der Waals surface area contributed by atoms with Crippen LogP contribution in [0.4, 0.5) is 0 Å². The fourth-order valence-corrected chi connectivity index (χ4v) is 2.57. The van der Waals surface area contributed by atoms with Crippen LogP contribution in [0, 0.1) is 0 Å². The van der Waals surface area contributed by atoms with Gasteiger partial charge < -0.3 is 20.3 Å². The molecule has 1 aromatic carbocycles. The van der Waals surface area contributed by atoms with E-state index in [9.17, 15) is 4.79 Å². The fraction of sp³-hybridized carbons (Fsp3) is 0.462. The SMILES string of the molecule is CCc1c(C(N)CCC(=O)O)cc2c(c1Cl)OCO2. The standard InChI is InChI=1S/C13H16ClNO4/c1-2-7-8(9(15)3-4-11(16)17)5-10-13(12(7)14)19-6-18-10/h5,9H,2-4,6,15H2,1H3,(H,16,17). The minimum absolute atomic E-state index is 0.0242. The van der Waals surface area contributed by atoms with E-state index in [1.807, 2.05) is 6.92 Å². The Morgan fingerprint density at radius 2 is 2.32 bits per heavy atom. The number of rotatable bonds is 5. The number of benzene rings is 1. The first-order chi connectivity index (χ1) is 9.04. The maximum Gasteiger partial charge on any atom is 0.303 e. The van der Waals surface area contributed by atoms with E-state index in [0.717, 1.165) is 11.1 Å². The van der Waals surface area contributed by atoms with E-state index in [4.69, 9.17) is 31.9 Å². The summed E-state index contributed by atoms with van der Waals surface area (Å²) in [5.74, 6) is 0.260. The van der Waals surface area contributed by atoms with E-state index in [-0.39, 0.29) is 19.3 Å². The molecule has 0 saturated carbocycles. The first kappa shape index (κ1) is 14.0. The van der Waals surface area contributed by atoms with Crippen molar-refractivity contribution in [3.05, 3.63) is 22.2 Å². The first-order valence-electron chi connectivity index (χ1n) is 6.12. The first-order valence-corrected chi connectivity index (χ1v) is 6.50. The highest BCUT2D eigenvalue weighted by Gasteiger charge is 2.24. The van der Waals surface area contributed by atoms with Crippen LogP contribution in [0.1, 0.15) is 36.9 Å². The molecule has 2 rings (SSSR count). The molecule has 1 unspecified atom stereocenters. The van der Waals surface area contributed by atoms with Gasteiger partial charge in [0.15, 0.2) is 11.5 Å². The van der Waals surface area contributed by atoms with E-state index < -0.39 is 5.97 Å². The van der Waals surface area contributed by atoms with Crippen molar-refractivity contribution >= 4 is 17.6 Å². The van der Waals surface area contributed by atoms with Crippen LogP contribution < -0.4 is 15.2 Å². The lowest BCUT2D eigenvalue weighted by molar-refractivity contribution is -0.137. The Bertz CT molecular complexity index is 504. The lowest BCUT2D eigenvalue weighted by Gasteiger charge is -2.17. The Morgan fingerprint density at radius 3 is 2.95 bits per heavy atom. The third kappa shape index (κ3) is 2.77. The van der Waals surface area contributed by atoms with Crippen molar-refractivity contribution in [1.29, 1.82) is 0 Å². The van der Waals surface area contributed by atoms with E-state index in [2.05, 4.69) is 0 Å². The second kappa shape index (κ2) is 5.67. The van der Waals surface area contributed by atoms with Crippen molar-refractivity contribution in [3.63, 3.8) is 0 Å². The lowest BCUT2D eigenvalue weighted by atomic mass is 9.95. The molecule has 1 heterocycles. The number of nitrogens with two attached hydrogens (primary N) is 1. The number of carboxylic acid groups (broad SMARTS) is 1. The molecular formula is C13H16ClNO4. The molecule has 3 N–H and O–H groups in total. The quantitative estimate of drug-likeness (QED) is 0.868. The fourth-order valence-electron chi connectivity index (χ4n) is 2.18. The van der Waals surface area contributed by atoms with Crippen LogP contribution in [-0.4, -0.2) is 17.9 Å². The van der Waals surface area contributed by atoms with Gasteiger partial charge in [0.1, 0.15) is 0 Å². The molecule has 1 aliphatic rings. The van der Waals surface area contributed by atoms with Gasteiger partial charge >= 0.3 is 5.97 Å². The summed E-state index contributed by atoms with van der Waals surface area (Å²) in [5.41, 5.74) is 7.79. The second-order valence-electron chi connectivity index (χ2n) is 4.38. The third-order valence-corrected chi connectivity index (χ3v) is 3.56. The van der Waals surface area contributed by atoms with Crippen LogP contribution in [0.2, 0.25) is 5.02 Å². The van der Waals surface area contributed by atoms with E-state index in [0.29, 0.717) is 29.4 Å². The van der Waals surface area contributed by atoms with Crippen molar-refractivity contribution in [2.45, 2.75) is 32.2 Å². The molecule has 0 spiro atoms. The molecule has 6 heteroatoms. The number of carbonyl (C=O) groups is 1. The molecule has 1 aliphatic heterocycles. The van der Waals surface area contributed by atoms with E-state index in [1.54, 1.807) is 6.07 Å². The average Bonchev–Trinajstić information content (AvgIpc) is 2.84. The Kier molecular flexibility index (Phi) is 4.17. The average molecular weight is 286 g/mol. The normalized spacial score (nSPS) is 14.5. The molecule has 0 aromatic heterocycles. The van der Waals surface area contributed by atoms with Crippen LogP contribution in [0.5, 0.6) is 11.5 Å². The molecule has 0 radical (unpaired) electrons. The van der Waals surface area contributed by atoms with Crippen molar-refractivity contribution in [2.24, 2.45) is 5.73 Å². The summed E-state index contributed by atoms with van der Waals surface area (Å²) in [4.78, 5) is 10.6. The minimum atomic E-state index is -0.861. The van der Waals surface area contributed by atoms with Gasteiger partial charge in [-0.15, -0.1) is 0 Å². The maximum absolute atomic E-state index is 10.6. The third-order valence-electron chi connectivity index (χ3n) is 3.16. The number of carboxylic acids is 1. The second-order valence-corrected chi connectivity index (χ2v) is 4.76. The Balaban J connectivity index is 2.34. The zero-order valence-corrected chi connectivity index (χ0v) is 11.4. The summed E-state index contributed by atoms with van der Waals surface area (Å²) in [6.07, 6.45) is 1.08. The predicted octanol–water partition coefficient (Wildman–Crippen LogP) is 2.50. The Morgan fingerprint density at radius 1 is 1.58 bits per heavy atom. The predicted molar refractivity (Wildman–Crippen MR) is 70.8 cm³/mol. The Hall–Kier alpha value is -1.46. The topological polar surface area (TPSA) is 81.8 Å². The number of hydrogen-bond donors (Lipinski definition) is 2. The summed E-state index contributed by atoms with van der Waals surface area (Å²) < 4.78 is 10.6. The summed E-state index contributed by atoms with van der Waals surface area (Å²) in [6, 6.07) is 1.43. The molecule has 19 heavy (non-hydrogen) atoms. The van der Waals surface area contributed by atoms with Crippen molar-refractivity contribution in [3.8, 4) is 11.5 Å². The molecule has 5 nitrogen and oxygen atoms in total. The van der Waals surface area contributed by atoms with Gasteiger partial charge in [-0.3, -0.25) is 4.79 Å². The number of fused-ring (bicyclic) bond motifs is 1. The minimum Gasteiger partial charge on any atom is -0.481 e. The van der Waals surface area contributed by atoms with Crippen LogP contribution in [0.15, 0.2) is 6.07 Å². The number of hydrogen-bond acceptors (Lipinski definition) is 4. The van der Waals surface area contributed by atoms with E-state index >= 15 is 0 Å². The zero-order valence-electron chi connectivity index (χ0n) is 10.6. The van der Waals surface area contributed by atoms with Crippen molar-refractivity contribution in [1.82, 2.24) is 0 Å².